The summed E-state index contributed by atoms with van der Waals surface area (Å²) in [6.07, 6.45) is 1.92. The van der Waals surface area contributed by atoms with E-state index in [1.165, 1.54) is 0 Å². The van der Waals surface area contributed by atoms with Crippen molar-refractivity contribution in [1.82, 2.24) is 9.88 Å². The maximum absolute atomic E-state index is 11.9. The van der Waals surface area contributed by atoms with Crippen LogP contribution in [0.4, 0.5) is 0 Å². The summed E-state index contributed by atoms with van der Waals surface area (Å²) in [5.41, 5.74) is 2.23. The van der Waals surface area contributed by atoms with Crippen LogP contribution in [0.25, 0.3) is 0 Å². The van der Waals surface area contributed by atoms with Gasteiger partial charge in [-0.1, -0.05) is 6.07 Å². The van der Waals surface area contributed by atoms with Crippen molar-refractivity contribution >= 4 is 5.91 Å². The molecule has 0 bridgehead atoms. The largest absolute Gasteiger partial charge is 0.507 e. The zero-order chi connectivity index (χ0) is 13.1. The summed E-state index contributed by atoms with van der Waals surface area (Å²) in [5.74, 6) is -0.256. The lowest BCUT2D eigenvalue weighted by Crippen LogP contribution is -2.23. The molecule has 2 rings (SSSR count). The molecule has 0 fully saturated rings. The van der Waals surface area contributed by atoms with Gasteiger partial charge in [-0.25, -0.2) is 0 Å². The van der Waals surface area contributed by atoms with Gasteiger partial charge in [0.25, 0.3) is 5.91 Å². The molecular weight excluding hydrogens is 228 g/mol. The third kappa shape index (κ3) is 2.53. The van der Waals surface area contributed by atoms with Crippen LogP contribution in [0.15, 0.2) is 36.5 Å². The molecular formula is C14H16N2O2. The Kier molecular flexibility index (Phi) is 3.37. The molecule has 2 aromatic rings. The topological polar surface area (TPSA) is 54.3 Å². The highest BCUT2D eigenvalue weighted by molar-refractivity contribution is 5.96. The van der Waals surface area contributed by atoms with Crippen molar-refractivity contribution in [1.29, 1.82) is 0 Å². The van der Waals surface area contributed by atoms with Gasteiger partial charge in [-0.15, -0.1) is 0 Å². The van der Waals surface area contributed by atoms with E-state index in [2.05, 4.69) is 5.32 Å². The number of hydrogen-bond acceptors (Lipinski definition) is 2. The molecule has 1 aromatic carbocycles. The monoisotopic (exact) mass is 244 g/mol. The summed E-state index contributed by atoms with van der Waals surface area (Å²) in [4.78, 5) is 11.9. The molecule has 0 saturated carbocycles. The number of amides is 1. The van der Waals surface area contributed by atoms with E-state index >= 15 is 0 Å². The molecule has 1 heterocycles. The van der Waals surface area contributed by atoms with E-state index in [-0.39, 0.29) is 11.7 Å². The van der Waals surface area contributed by atoms with E-state index in [0.29, 0.717) is 12.1 Å². The predicted octanol–water partition coefficient (Wildman–Crippen LogP) is 1.97. The van der Waals surface area contributed by atoms with Crippen LogP contribution in [0.1, 0.15) is 21.6 Å². The van der Waals surface area contributed by atoms with Crippen molar-refractivity contribution < 1.29 is 9.90 Å². The van der Waals surface area contributed by atoms with Crippen molar-refractivity contribution in [3.63, 3.8) is 0 Å². The first-order chi connectivity index (χ1) is 8.58. The molecule has 4 heteroatoms. The molecule has 2 N–H and O–H groups in total. The minimum atomic E-state index is -0.270. The second-order valence-electron chi connectivity index (χ2n) is 4.31. The van der Waals surface area contributed by atoms with Gasteiger partial charge in [0.2, 0.25) is 0 Å². The van der Waals surface area contributed by atoms with Crippen LogP contribution in [0.2, 0.25) is 0 Å². The van der Waals surface area contributed by atoms with Gasteiger partial charge in [0, 0.05) is 18.9 Å². The van der Waals surface area contributed by atoms with Crippen molar-refractivity contribution in [2.75, 3.05) is 0 Å². The third-order valence-corrected chi connectivity index (χ3v) is 2.88. The number of aromatic hydroxyl groups is 1. The molecule has 4 nitrogen and oxygen atoms in total. The first-order valence-corrected chi connectivity index (χ1v) is 5.76. The third-order valence-electron chi connectivity index (χ3n) is 2.88. The number of aryl methyl sites for hydroxylation is 2. The molecule has 94 valence electrons. The van der Waals surface area contributed by atoms with Gasteiger partial charge < -0.3 is 15.0 Å². The predicted molar refractivity (Wildman–Crippen MR) is 69.4 cm³/mol. The number of carbonyl (C=O) groups excluding carboxylic acids is 1. The Hall–Kier alpha value is -2.23. The quantitative estimate of drug-likeness (QED) is 0.867. The van der Waals surface area contributed by atoms with E-state index in [1.807, 2.05) is 36.9 Å². The van der Waals surface area contributed by atoms with Crippen molar-refractivity contribution in [2.24, 2.45) is 7.05 Å². The number of phenolic OH excluding ortho intramolecular Hbond substituents is 1. The number of benzene rings is 1. The fraction of sp³-hybridized carbons (Fsp3) is 0.214. The fourth-order valence-electron chi connectivity index (χ4n) is 1.78. The lowest BCUT2D eigenvalue weighted by molar-refractivity contribution is 0.0947. The van der Waals surface area contributed by atoms with E-state index in [4.69, 9.17) is 0 Å². The maximum Gasteiger partial charge on any atom is 0.255 e. The van der Waals surface area contributed by atoms with Gasteiger partial charge in [0.15, 0.2) is 0 Å². The number of carbonyl (C=O) groups is 1. The Morgan fingerprint density at radius 2 is 2.17 bits per heavy atom. The summed E-state index contributed by atoms with van der Waals surface area (Å²) >= 11 is 0. The van der Waals surface area contributed by atoms with E-state index in [9.17, 15) is 9.90 Å². The second-order valence-corrected chi connectivity index (χ2v) is 4.31. The SMILES string of the molecule is Cc1ccc(C(=O)NCc2cccn2C)c(O)c1. The lowest BCUT2D eigenvalue weighted by atomic mass is 10.1. The zero-order valence-corrected chi connectivity index (χ0v) is 10.5. The Bertz CT molecular complexity index is 573. The van der Waals surface area contributed by atoms with Gasteiger partial charge in [0.05, 0.1) is 12.1 Å². The summed E-state index contributed by atoms with van der Waals surface area (Å²) in [7, 11) is 1.92. The highest BCUT2D eigenvalue weighted by Crippen LogP contribution is 2.18. The molecule has 1 amide bonds. The number of phenols is 1. The van der Waals surface area contributed by atoms with Crippen LogP contribution >= 0.6 is 0 Å². The van der Waals surface area contributed by atoms with E-state index < -0.39 is 0 Å². The summed E-state index contributed by atoms with van der Waals surface area (Å²) < 4.78 is 1.94. The fourth-order valence-corrected chi connectivity index (χ4v) is 1.78. The molecule has 0 radical (unpaired) electrons. The molecule has 0 aliphatic heterocycles. The highest BCUT2D eigenvalue weighted by Gasteiger charge is 2.10. The van der Waals surface area contributed by atoms with Crippen LogP contribution in [0.5, 0.6) is 5.75 Å². The smallest absolute Gasteiger partial charge is 0.255 e. The van der Waals surface area contributed by atoms with E-state index in [0.717, 1.165) is 11.3 Å². The number of rotatable bonds is 3. The van der Waals surface area contributed by atoms with Crippen molar-refractivity contribution in [3.8, 4) is 5.75 Å². The number of aromatic nitrogens is 1. The van der Waals surface area contributed by atoms with Gasteiger partial charge >= 0.3 is 0 Å². The van der Waals surface area contributed by atoms with Gasteiger partial charge in [-0.2, -0.15) is 0 Å². The Morgan fingerprint density at radius 3 is 2.78 bits per heavy atom. The van der Waals surface area contributed by atoms with Crippen molar-refractivity contribution in [3.05, 3.63) is 53.3 Å². The molecule has 0 unspecified atom stereocenters. The highest BCUT2D eigenvalue weighted by atomic mass is 16.3. The second kappa shape index (κ2) is 4.96. The first-order valence-electron chi connectivity index (χ1n) is 5.76. The zero-order valence-electron chi connectivity index (χ0n) is 10.5. The average molecular weight is 244 g/mol. The number of nitrogens with zero attached hydrogens (tertiary/aromatic N) is 1. The molecule has 0 spiro atoms. The van der Waals surface area contributed by atoms with Crippen molar-refractivity contribution in [2.45, 2.75) is 13.5 Å². The van der Waals surface area contributed by atoms with Gasteiger partial charge in [0.1, 0.15) is 5.75 Å². The summed E-state index contributed by atoms with van der Waals surface area (Å²) in [5, 5.41) is 12.5. The minimum absolute atomic E-state index is 0.0133. The Balaban J connectivity index is 2.06. The van der Waals surface area contributed by atoms with Gasteiger partial charge in [-0.05, 0) is 36.8 Å². The molecule has 0 aliphatic carbocycles. The number of nitrogens with one attached hydrogen (secondary N) is 1. The van der Waals surface area contributed by atoms with Crippen LogP contribution in [-0.4, -0.2) is 15.6 Å². The van der Waals surface area contributed by atoms with Crippen LogP contribution in [-0.2, 0) is 13.6 Å². The average Bonchev–Trinajstić information content (AvgIpc) is 2.72. The first kappa shape index (κ1) is 12.2. The Labute approximate surface area is 106 Å². The van der Waals surface area contributed by atoms with Crippen LogP contribution in [0.3, 0.4) is 0 Å². The van der Waals surface area contributed by atoms with E-state index in [1.54, 1.807) is 18.2 Å². The number of hydrogen-bond donors (Lipinski definition) is 2. The molecule has 0 aliphatic rings. The minimum Gasteiger partial charge on any atom is -0.507 e. The normalized spacial score (nSPS) is 10.3. The molecule has 18 heavy (non-hydrogen) atoms. The Morgan fingerprint density at radius 1 is 1.39 bits per heavy atom. The molecule has 0 atom stereocenters. The van der Waals surface area contributed by atoms with Crippen LogP contribution < -0.4 is 5.32 Å². The standard InChI is InChI=1S/C14H16N2O2/c1-10-5-6-12(13(17)8-10)14(18)15-9-11-4-3-7-16(11)2/h3-8,17H,9H2,1-2H3,(H,15,18). The summed E-state index contributed by atoms with van der Waals surface area (Å²) in [6, 6.07) is 8.87. The molecule has 0 saturated heterocycles. The van der Waals surface area contributed by atoms with Gasteiger partial charge in [-0.3, -0.25) is 4.79 Å². The van der Waals surface area contributed by atoms with Crippen LogP contribution in [0, 0.1) is 6.92 Å². The summed E-state index contributed by atoms with van der Waals surface area (Å²) in [6.45, 7) is 2.31. The lowest BCUT2D eigenvalue weighted by Gasteiger charge is -2.08. The maximum atomic E-state index is 11.9. The molecule has 1 aromatic heterocycles.